The number of ether oxygens (including phenoxy) is 1. The fourth-order valence-electron chi connectivity index (χ4n) is 3.42. The Balaban J connectivity index is 1.52. The Labute approximate surface area is 156 Å². The van der Waals surface area contributed by atoms with Crippen LogP contribution < -0.4 is 10.3 Å². The summed E-state index contributed by atoms with van der Waals surface area (Å²) in [5.74, 6) is 1.59. The summed E-state index contributed by atoms with van der Waals surface area (Å²) in [6, 6.07) is 12.4. The van der Waals surface area contributed by atoms with Gasteiger partial charge in [-0.2, -0.15) is 0 Å². The van der Waals surface area contributed by atoms with E-state index in [0.29, 0.717) is 12.4 Å². The van der Waals surface area contributed by atoms with E-state index in [9.17, 15) is 4.79 Å². The molecule has 0 saturated heterocycles. The molecule has 0 aliphatic carbocycles. The number of thiophene rings is 1. The van der Waals surface area contributed by atoms with E-state index in [1.807, 2.05) is 25.1 Å². The number of aromatic amines is 1. The minimum Gasteiger partial charge on any atom is -0.496 e. The largest absolute Gasteiger partial charge is 0.496 e. The predicted molar refractivity (Wildman–Crippen MR) is 104 cm³/mol. The van der Waals surface area contributed by atoms with Crippen molar-refractivity contribution in [1.82, 2.24) is 14.9 Å². The van der Waals surface area contributed by atoms with Crippen LogP contribution in [0.1, 0.15) is 22.0 Å². The van der Waals surface area contributed by atoms with Crippen molar-refractivity contribution >= 4 is 11.3 Å². The molecule has 0 bridgehead atoms. The van der Waals surface area contributed by atoms with Gasteiger partial charge in [0.05, 0.1) is 18.4 Å². The van der Waals surface area contributed by atoms with Gasteiger partial charge in [0, 0.05) is 41.4 Å². The van der Waals surface area contributed by atoms with Gasteiger partial charge < -0.3 is 9.72 Å². The molecule has 1 aromatic carbocycles. The Hall–Kier alpha value is -2.44. The molecule has 1 aliphatic rings. The number of benzene rings is 1. The maximum Gasteiger partial charge on any atom is 0.255 e. The van der Waals surface area contributed by atoms with E-state index in [2.05, 4.69) is 33.1 Å². The van der Waals surface area contributed by atoms with Gasteiger partial charge in [-0.1, -0.05) is 12.1 Å². The van der Waals surface area contributed by atoms with Gasteiger partial charge in [-0.3, -0.25) is 9.69 Å². The summed E-state index contributed by atoms with van der Waals surface area (Å²) in [4.78, 5) is 24.3. The lowest BCUT2D eigenvalue weighted by molar-refractivity contribution is 0.243. The summed E-state index contributed by atoms with van der Waals surface area (Å²) in [6.45, 7) is 4.25. The zero-order valence-electron chi connectivity index (χ0n) is 14.9. The Morgan fingerprint density at radius 3 is 2.96 bits per heavy atom. The minimum atomic E-state index is -0.00177. The van der Waals surface area contributed by atoms with E-state index in [4.69, 9.17) is 4.74 Å². The summed E-state index contributed by atoms with van der Waals surface area (Å²) in [6.07, 6.45) is 0.824. The minimum absolute atomic E-state index is 0.00177. The van der Waals surface area contributed by atoms with Crippen molar-refractivity contribution < 1.29 is 4.74 Å². The first-order valence-corrected chi connectivity index (χ1v) is 9.49. The molecule has 0 amide bonds. The second-order valence-electron chi connectivity index (χ2n) is 6.50. The topological polar surface area (TPSA) is 58.2 Å². The second kappa shape index (κ2) is 7.05. The van der Waals surface area contributed by atoms with Crippen molar-refractivity contribution in [1.29, 1.82) is 0 Å². The maximum absolute atomic E-state index is 12.2. The van der Waals surface area contributed by atoms with E-state index in [-0.39, 0.29) is 5.56 Å². The van der Waals surface area contributed by atoms with Gasteiger partial charge in [0.2, 0.25) is 0 Å². The number of hydrogen-bond donors (Lipinski definition) is 1. The number of fused-ring (bicyclic) bond motifs is 1. The summed E-state index contributed by atoms with van der Waals surface area (Å²) < 4.78 is 5.47. The number of nitrogens with zero attached hydrogens (tertiary/aromatic N) is 2. The molecule has 1 aliphatic heterocycles. The highest BCUT2D eigenvalue weighted by molar-refractivity contribution is 7.15. The zero-order chi connectivity index (χ0) is 18.1. The van der Waals surface area contributed by atoms with Crippen LogP contribution in [0.2, 0.25) is 0 Å². The van der Waals surface area contributed by atoms with Crippen LogP contribution in [0.5, 0.6) is 5.75 Å². The molecular weight excluding hydrogens is 346 g/mol. The van der Waals surface area contributed by atoms with Crippen LogP contribution in [-0.2, 0) is 19.5 Å². The summed E-state index contributed by atoms with van der Waals surface area (Å²) in [7, 11) is 1.70. The van der Waals surface area contributed by atoms with Crippen LogP contribution in [0.15, 0.2) is 41.2 Å². The van der Waals surface area contributed by atoms with Gasteiger partial charge >= 0.3 is 0 Å². The van der Waals surface area contributed by atoms with Crippen molar-refractivity contribution in [2.45, 2.75) is 26.4 Å². The average molecular weight is 367 g/mol. The highest BCUT2D eigenvalue weighted by Crippen LogP contribution is 2.35. The quantitative estimate of drug-likeness (QED) is 0.768. The number of nitrogens with one attached hydrogen (secondary N) is 1. The van der Waals surface area contributed by atoms with Crippen LogP contribution in [-0.4, -0.2) is 28.5 Å². The summed E-state index contributed by atoms with van der Waals surface area (Å²) in [5.41, 5.74) is 2.87. The first-order chi connectivity index (χ1) is 12.6. The monoisotopic (exact) mass is 367 g/mol. The van der Waals surface area contributed by atoms with E-state index < -0.39 is 0 Å². The van der Waals surface area contributed by atoms with Gasteiger partial charge in [-0.05, 0) is 31.2 Å². The van der Waals surface area contributed by atoms with E-state index in [1.165, 1.54) is 9.75 Å². The number of hydrogen-bond acceptors (Lipinski definition) is 5. The molecule has 6 heteroatoms. The fourth-order valence-corrected chi connectivity index (χ4v) is 4.50. The Bertz CT molecular complexity index is 993. The molecular formula is C20H21N3O2S. The molecule has 5 nitrogen and oxygen atoms in total. The molecule has 3 aromatic rings. The van der Waals surface area contributed by atoms with Crippen LogP contribution in [0.25, 0.3) is 10.4 Å². The number of H-pyrrole nitrogens is 1. The SMILES string of the molecule is COc1ccccc1-c1ccc(CN2CCc3nc(C)[nH]c(=O)c3C2)s1. The molecule has 4 rings (SSSR count). The zero-order valence-corrected chi connectivity index (χ0v) is 15.7. The highest BCUT2D eigenvalue weighted by Gasteiger charge is 2.21. The molecule has 26 heavy (non-hydrogen) atoms. The summed E-state index contributed by atoms with van der Waals surface area (Å²) >= 11 is 1.77. The maximum atomic E-state index is 12.2. The van der Waals surface area contributed by atoms with Crippen molar-refractivity contribution in [2.75, 3.05) is 13.7 Å². The third kappa shape index (κ3) is 3.30. The van der Waals surface area contributed by atoms with Crippen molar-refractivity contribution in [2.24, 2.45) is 0 Å². The molecule has 0 spiro atoms. The molecule has 0 radical (unpaired) electrons. The number of aromatic nitrogens is 2. The molecule has 0 saturated carbocycles. The predicted octanol–water partition coefficient (Wildman–Crippen LogP) is 3.37. The Morgan fingerprint density at radius 1 is 1.27 bits per heavy atom. The van der Waals surface area contributed by atoms with Gasteiger partial charge in [0.15, 0.2) is 0 Å². The number of rotatable bonds is 4. The number of para-hydroxylation sites is 1. The third-order valence-electron chi connectivity index (χ3n) is 4.68. The second-order valence-corrected chi connectivity index (χ2v) is 7.67. The smallest absolute Gasteiger partial charge is 0.255 e. The normalized spacial score (nSPS) is 14.2. The van der Waals surface area contributed by atoms with E-state index in [0.717, 1.165) is 42.1 Å². The lowest BCUT2D eigenvalue weighted by atomic mass is 10.1. The van der Waals surface area contributed by atoms with E-state index >= 15 is 0 Å². The van der Waals surface area contributed by atoms with Crippen LogP contribution in [0, 0.1) is 6.92 Å². The van der Waals surface area contributed by atoms with Crippen LogP contribution in [0.4, 0.5) is 0 Å². The van der Waals surface area contributed by atoms with Crippen molar-refractivity contribution in [3.8, 4) is 16.2 Å². The lowest BCUT2D eigenvalue weighted by Crippen LogP contribution is -2.35. The van der Waals surface area contributed by atoms with Crippen LogP contribution in [0.3, 0.4) is 0 Å². The third-order valence-corrected chi connectivity index (χ3v) is 5.78. The molecule has 0 atom stereocenters. The number of aryl methyl sites for hydroxylation is 1. The lowest BCUT2D eigenvalue weighted by Gasteiger charge is -2.27. The molecule has 134 valence electrons. The van der Waals surface area contributed by atoms with E-state index in [1.54, 1.807) is 18.4 Å². The standard InChI is InChI=1S/C20H21N3O2S/c1-13-21-17-9-10-23(12-16(17)20(24)22-13)11-14-7-8-19(26-14)15-5-3-4-6-18(15)25-2/h3-8H,9-12H2,1-2H3,(H,21,22,24). The molecule has 3 heterocycles. The van der Waals surface area contributed by atoms with Gasteiger partial charge in [0.25, 0.3) is 5.56 Å². The van der Waals surface area contributed by atoms with Gasteiger partial charge in [-0.15, -0.1) is 11.3 Å². The van der Waals surface area contributed by atoms with Gasteiger partial charge in [0.1, 0.15) is 11.6 Å². The number of methoxy groups -OCH3 is 1. The van der Waals surface area contributed by atoms with Crippen molar-refractivity contribution in [3.63, 3.8) is 0 Å². The average Bonchev–Trinajstić information content (AvgIpc) is 3.10. The molecule has 1 N–H and O–H groups in total. The van der Waals surface area contributed by atoms with Crippen LogP contribution >= 0.6 is 11.3 Å². The highest BCUT2D eigenvalue weighted by atomic mass is 32.1. The Morgan fingerprint density at radius 2 is 2.12 bits per heavy atom. The first-order valence-electron chi connectivity index (χ1n) is 8.67. The van der Waals surface area contributed by atoms with Gasteiger partial charge in [-0.25, -0.2) is 4.98 Å². The Kier molecular flexibility index (Phi) is 4.61. The van der Waals surface area contributed by atoms with Crippen molar-refractivity contribution in [3.05, 3.63) is 68.7 Å². The molecule has 2 aromatic heterocycles. The summed E-state index contributed by atoms with van der Waals surface area (Å²) in [5, 5.41) is 0. The fraction of sp³-hybridized carbons (Fsp3) is 0.300. The molecule has 0 fully saturated rings. The first kappa shape index (κ1) is 17.0. The molecule has 0 unspecified atom stereocenters.